The third-order valence-electron chi connectivity index (χ3n) is 7.19. The third kappa shape index (κ3) is 5.65. The molecule has 1 saturated carbocycles. The molecule has 1 saturated heterocycles. The molecule has 1 N–H and O–H groups in total. The number of fused-ring (bicyclic) bond motifs is 1. The summed E-state index contributed by atoms with van der Waals surface area (Å²) in [5.74, 6) is 0.903. The molecule has 0 spiro atoms. The Morgan fingerprint density at radius 1 is 1.15 bits per heavy atom. The molecule has 1 amide bonds. The smallest absolute Gasteiger partial charge is 0.410 e. The molecule has 1 atom stereocenters. The number of carbonyl (C=O) groups excluding carboxylic acids is 1. The number of ether oxygens (including phenoxy) is 1. The molecule has 11 heteroatoms. The lowest BCUT2D eigenvalue weighted by atomic mass is 10.1. The van der Waals surface area contributed by atoms with E-state index in [9.17, 15) is 14.9 Å². The highest BCUT2D eigenvalue weighted by molar-refractivity contribution is 5.77. The lowest BCUT2D eigenvalue weighted by Crippen LogP contribution is -2.55. The Morgan fingerprint density at radius 3 is 2.56 bits per heavy atom. The van der Waals surface area contributed by atoms with Crippen molar-refractivity contribution in [2.24, 2.45) is 0 Å². The Hall–Kier alpha value is -4.20. The maximum atomic E-state index is 13.0. The number of amides is 1. The number of hydrogen-bond acceptors (Lipinski definition) is 9. The molecule has 2 aliphatic rings. The maximum Gasteiger partial charge on any atom is 0.410 e. The summed E-state index contributed by atoms with van der Waals surface area (Å²) in [6.45, 7) is 9.54. The third-order valence-corrected chi connectivity index (χ3v) is 7.19. The van der Waals surface area contributed by atoms with Crippen LogP contribution in [0.5, 0.6) is 0 Å². The van der Waals surface area contributed by atoms with Crippen LogP contribution in [-0.4, -0.2) is 61.8 Å². The fraction of sp³-hybridized carbons (Fsp3) is 0.500. The van der Waals surface area contributed by atoms with E-state index in [1.165, 1.54) is 0 Å². The van der Waals surface area contributed by atoms with Crippen molar-refractivity contribution in [1.29, 1.82) is 5.26 Å². The second kappa shape index (κ2) is 10.5. The number of carbonyl (C=O) groups is 1. The van der Waals surface area contributed by atoms with E-state index in [1.54, 1.807) is 27.9 Å². The van der Waals surface area contributed by atoms with Crippen molar-refractivity contribution < 1.29 is 9.53 Å². The Labute approximate surface area is 227 Å². The molecule has 3 aromatic rings. The van der Waals surface area contributed by atoms with Gasteiger partial charge in [-0.2, -0.15) is 10.2 Å². The molecular weight excluding hydrogens is 496 g/mol. The molecule has 39 heavy (non-hydrogen) atoms. The van der Waals surface area contributed by atoms with Gasteiger partial charge >= 0.3 is 6.09 Å². The molecule has 204 valence electrons. The summed E-state index contributed by atoms with van der Waals surface area (Å²) in [6.07, 6.45) is 7.02. The number of hydrogen-bond donors (Lipinski definition) is 1. The molecule has 1 aliphatic carbocycles. The largest absolute Gasteiger partial charge is 0.444 e. The molecule has 11 nitrogen and oxygen atoms in total. The van der Waals surface area contributed by atoms with Crippen LogP contribution in [0.2, 0.25) is 0 Å². The molecule has 2 fully saturated rings. The van der Waals surface area contributed by atoms with E-state index >= 15 is 0 Å². The first-order chi connectivity index (χ1) is 18.6. The monoisotopic (exact) mass is 530 g/mol. The number of pyridine rings is 2. The Morgan fingerprint density at radius 2 is 1.92 bits per heavy atom. The van der Waals surface area contributed by atoms with Crippen molar-refractivity contribution in [3.63, 3.8) is 0 Å². The Kier molecular flexibility index (Phi) is 7.12. The zero-order valence-electron chi connectivity index (χ0n) is 22.8. The number of nitriles is 1. The standard InChI is InChI=1S/C28H34N8O3/c1-18-17-34(11-12-35(18)27(38)39-28(2,3)4)22-9-10-23(30-16-22)32-26-31-15-20-13-19(14-29)25(37)36(24(20)33-26)21-7-5-6-8-21/h9-10,13,15-16,18,21H,5-8,11-12,17H2,1-4H3,(H,30,31,32,33). The van der Waals surface area contributed by atoms with Gasteiger partial charge in [-0.05, 0) is 58.7 Å². The fourth-order valence-corrected chi connectivity index (χ4v) is 5.31. The molecule has 5 rings (SSSR count). The molecule has 3 aromatic heterocycles. The SMILES string of the molecule is CC1CN(c2ccc(Nc3ncc4cc(C#N)c(=O)n(C5CCCC5)c4n3)nc2)CCN1C(=O)OC(C)(C)C. The highest BCUT2D eigenvalue weighted by atomic mass is 16.6. The van der Waals surface area contributed by atoms with Crippen LogP contribution >= 0.6 is 0 Å². The van der Waals surface area contributed by atoms with Crippen LogP contribution in [0.1, 0.15) is 65.0 Å². The van der Waals surface area contributed by atoms with Gasteiger partial charge in [-0.3, -0.25) is 9.36 Å². The van der Waals surface area contributed by atoms with Gasteiger partial charge in [-0.25, -0.2) is 14.8 Å². The predicted octanol–water partition coefficient (Wildman–Crippen LogP) is 4.36. The predicted molar refractivity (Wildman–Crippen MR) is 148 cm³/mol. The van der Waals surface area contributed by atoms with E-state index in [2.05, 4.69) is 25.2 Å². The van der Waals surface area contributed by atoms with E-state index in [0.29, 0.717) is 42.4 Å². The van der Waals surface area contributed by atoms with Gasteiger partial charge in [0.25, 0.3) is 5.56 Å². The molecule has 1 aliphatic heterocycles. The first-order valence-electron chi connectivity index (χ1n) is 13.4. The maximum absolute atomic E-state index is 13.0. The lowest BCUT2D eigenvalue weighted by molar-refractivity contribution is 0.0159. The summed E-state index contributed by atoms with van der Waals surface area (Å²) in [6, 6.07) is 7.43. The highest BCUT2D eigenvalue weighted by Crippen LogP contribution is 2.31. The van der Waals surface area contributed by atoms with Gasteiger partial charge in [0, 0.05) is 43.3 Å². The van der Waals surface area contributed by atoms with Gasteiger partial charge in [-0.15, -0.1) is 0 Å². The summed E-state index contributed by atoms with van der Waals surface area (Å²) < 4.78 is 7.21. The number of aromatic nitrogens is 4. The number of nitrogens with zero attached hydrogens (tertiary/aromatic N) is 7. The average molecular weight is 531 g/mol. The van der Waals surface area contributed by atoms with Gasteiger partial charge in [0.15, 0.2) is 0 Å². The molecule has 0 bridgehead atoms. The van der Waals surface area contributed by atoms with Crippen molar-refractivity contribution in [2.45, 2.75) is 71.1 Å². The number of anilines is 3. The van der Waals surface area contributed by atoms with Crippen LogP contribution < -0.4 is 15.8 Å². The number of nitrogens with one attached hydrogen (secondary N) is 1. The van der Waals surface area contributed by atoms with Crippen molar-refractivity contribution in [2.75, 3.05) is 29.9 Å². The second-order valence-electron chi connectivity index (χ2n) is 11.3. The summed E-state index contributed by atoms with van der Waals surface area (Å²) in [5, 5.41) is 13.3. The van der Waals surface area contributed by atoms with E-state index in [1.807, 2.05) is 45.9 Å². The fourth-order valence-electron chi connectivity index (χ4n) is 5.31. The van der Waals surface area contributed by atoms with Gasteiger partial charge in [0.2, 0.25) is 5.95 Å². The van der Waals surface area contributed by atoms with Crippen molar-refractivity contribution >= 4 is 34.6 Å². The minimum Gasteiger partial charge on any atom is -0.444 e. The van der Waals surface area contributed by atoms with Crippen LogP contribution in [-0.2, 0) is 4.74 Å². The van der Waals surface area contributed by atoms with Crippen molar-refractivity contribution in [3.05, 3.63) is 46.5 Å². The minimum atomic E-state index is -0.525. The Bertz CT molecular complexity index is 1470. The minimum absolute atomic E-state index is 0.00332. The van der Waals surface area contributed by atoms with Crippen LogP contribution in [0, 0.1) is 11.3 Å². The molecule has 4 heterocycles. The van der Waals surface area contributed by atoms with Crippen LogP contribution in [0.4, 0.5) is 22.2 Å². The van der Waals surface area contributed by atoms with Crippen LogP contribution in [0.3, 0.4) is 0 Å². The first kappa shape index (κ1) is 26.4. The van der Waals surface area contributed by atoms with E-state index in [4.69, 9.17) is 4.74 Å². The summed E-state index contributed by atoms with van der Waals surface area (Å²) in [7, 11) is 0. The highest BCUT2D eigenvalue weighted by Gasteiger charge is 2.31. The van der Waals surface area contributed by atoms with Gasteiger partial charge in [0.1, 0.15) is 28.7 Å². The van der Waals surface area contributed by atoms with Crippen LogP contribution in [0.25, 0.3) is 11.0 Å². The number of rotatable bonds is 4. The normalized spacial score (nSPS) is 18.3. The molecule has 0 radical (unpaired) electrons. The average Bonchev–Trinajstić information content (AvgIpc) is 3.42. The van der Waals surface area contributed by atoms with E-state index in [0.717, 1.165) is 31.4 Å². The molecule has 0 aromatic carbocycles. The summed E-state index contributed by atoms with van der Waals surface area (Å²) >= 11 is 0. The number of piperazine rings is 1. The van der Waals surface area contributed by atoms with Gasteiger partial charge in [0.05, 0.1) is 11.9 Å². The van der Waals surface area contributed by atoms with Gasteiger partial charge < -0.3 is 19.9 Å². The molecular formula is C28H34N8O3. The van der Waals surface area contributed by atoms with E-state index in [-0.39, 0.29) is 29.3 Å². The quantitative estimate of drug-likeness (QED) is 0.523. The second-order valence-corrected chi connectivity index (χ2v) is 11.3. The Balaban J connectivity index is 1.31. The van der Waals surface area contributed by atoms with E-state index < -0.39 is 5.60 Å². The van der Waals surface area contributed by atoms with Crippen molar-refractivity contribution in [3.8, 4) is 6.07 Å². The van der Waals surface area contributed by atoms with Gasteiger partial charge in [-0.1, -0.05) is 12.8 Å². The summed E-state index contributed by atoms with van der Waals surface area (Å²) in [4.78, 5) is 43.1. The zero-order chi connectivity index (χ0) is 27.7. The van der Waals surface area contributed by atoms with Crippen LogP contribution in [0.15, 0.2) is 35.4 Å². The zero-order valence-corrected chi connectivity index (χ0v) is 22.8. The van der Waals surface area contributed by atoms with Crippen molar-refractivity contribution in [1.82, 2.24) is 24.4 Å². The topological polar surface area (TPSA) is 129 Å². The summed E-state index contributed by atoms with van der Waals surface area (Å²) in [5.41, 5.74) is 0.761. The molecule has 1 unspecified atom stereocenters. The first-order valence-corrected chi connectivity index (χ1v) is 13.4. The lowest BCUT2D eigenvalue weighted by Gasteiger charge is -2.41.